The highest BCUT2D eigenvalue weighted by Gasteiger charge is 2.35. The number of hydrogen-bond donors (Lipinski definition) is 0. The number of aryl methyl sites for hydroxylation is 2. The molecule has 2 aromatic rings. The van der Waals surface area contributed by atoms with Crippen molar-refractivity contribution in [3.05, 3.63) is 87.5 Å². The molecule has 0 aliphatic carbocycles. The number of benzene rings is 2. The van der Waals surface area contributed by atoms with Crippen LogP contribution in [0.5, 0.6) is 0 Å². The zero-order valence-electron chi connectivity index (χ0n) is 28.4. The van der Waals surface area contributed by atoms with Gasteiger partial charge in [-0.2, -0.15) is 0 Å². The van der Waals surface area contributed by atoms with Crippen LogP contribution in [0.15, 0.2) is 59.7 Å². The van der Waals surface area contributed by atoms with Gasteiger partial charge in [-0.05, 0) is 86.8 Å². The molecule has 0 N–H and O–H groups in total. The van der Waals surface area contributed by atoms with Crippen LogP contribution in [0.4, 0.5) is 0 Å². The van der Waals surface area contributed by atoms with Crippen molar-refractivity contribution in [2.75, 3.05) is 0 Å². The molecule has 236 valence electrons. The highest BCUT2D eigenvalue weighted by Crippen LogP contribution is 2.44. The molecule has 1 heterocycles. The number of rotatable bonds is 23. The minimum atomic E-state index is 1.03. The first-order valence-corrected chi connectivity index (χ1v) is 18.3. The summed E-state index contributed by atoms with van der Waals surface area (Å²) in [5, 5.41) is 0. The van der Waals surface area contributed by atoms with Crippen LogP contribution in [0.25, 0.3) is 16.9 Å². The molecule has 0 spiro atoms. The SMILES string of the molecule is CCCCCCCCC1=C(c2cccc(CCCC)c2)[N+](=[N-])C(c2ccc(CCCCCCCC)cc2)=C1CCCCC. The first-order valence-electron chi connectivity index (χ1n) is 18.3. The smallest absolute Gasteiger partial charge is 0.211 e. The van der Waals surface area contributed by atoms with E-state index < -0.39 is 0 Å². The Hall–Kier alpha value is -2.48. The van der Waals surface area contributed by atoms with Gasteiger partial charge in [0.25, 0.3) is 0 Å². The number of allylic oxidation sites excluding steroid dienone is 2. The molecule has 0 amide bonds. The van der Waals surface area contributed by atoms with Gasteiger partial charge in [0.15, 0.2) is 0 Å². The topological polar surface area (TPSA) is 25.3 Å². The van der Waals surface area contributed by atoms with E-state index in [4.69, 9.17) is 0 Å². The first-order chi connectivity index (χ1) is 21.1. The zero-order valence-corrected chi connectivity index (χ0v) is 28.4. The first kappa shape index (κ1) is 35.0. The molecule has 0 radical (unpaired) electrons. The van der Waals surface area contributed by atoms with E-state index in [1.54, 1.807) is 4.70 Å². The highest BCUT2D eigenvalue weighted by molar-refractivity contribution is 5.82. The summed E-state index contributed by atoms with van der Waals surface area (Å²) in [4.78, 5) is 0. The van der Waals surface area contributed by atoms with Crippen LogP contribution in [0.2, 0.25) is 0 Å². The third-order valence-electron chi connectivity index (χ3n) is 9.24. The predicted octanol–water partition coefficient (Wildman–Crippen LogP) is 13.4. The van der Waals surface area contributed by atoms with Gasteiger partial charge < -0.3 is 5.53 Å². The fraction of sp³-hybridized carbons (Fsp3) is 0.610. The number of nitrogens with zero attached hydrogens (tertiary/aromatic N) is 2. The Morgan fingerprint density at radius 2 is 0.907 bits per heavy atom. The van der Waals surface area contributed by atoms with E-state index in [2.05, 4.69) is 76.2 Å². The molecule has 0 fully saturated rings. The molecular weight excluding hydrogens is 520 g/mol. The van der Waals surface area contributed by atoms with Crippen molar-refractivity contribution in [2.24, 2.45) is 0 Å². The van der Waals surface area contributed by atoms with Gasteiger partial charge in [0.2, 0.25) is 11.4 Å². The summed E-state index contributed by atoms with van der Waals surface area (Å²) < 4.78 is 1.58. The van der Waals surface area contributed by atoms with Crippen LogP contribution < -0.4 is 0 Å². The molecule has 2 heteroatoms. The standard InChI is InChI=1S/C41H62N2/c1-5-9-13-15-17-20-24-34-29-31-36(32-30-34)40-38(27-19-11-7-3)39(28-21-18-16-14-10-6-2)41(43(40)42)37-26-22-25-35(33-37)23-12-8-4/h22,25-26,29-33H,5-21,23-24,27-28H2,1-4H3. The lowest BCUT2D eigenvalue weighted by Gasteiger charge is -2.11. The van der Waals surface area contributed by atoms with Crippen molar-refractivity contribution in [2.45, 2.75) is 163 Å². The maximum atomic E-state index is 12.0. The van der Waals surface area contributed by atoms with Gasteiger partial charge in [-0.25, -0.2) is 4.70 Å². The molecule has 2 nitrogen and oxygen atoms in total. The third kappa shape index (κ3) is 11.2. The quantitative estimate of drug-likeness (QED) is 0.0920. The molecular formula is C41H62N2. The normalized spacial score (nSPS) is 13.5. The van der Waals surface area contributed by atoms with Crippen LogP contribution in [0.1, 0.15) is 172 Å². The average molecular weight is 583 g/mol. The minimum absolute atomic E-state index is 1.03. The largest absolute Gasteiger partial charge is 0.493 e. The summed E-state index contributed by atoms with van der Waals surface area (Å²) in [5.74, 6) is 0. The fourth-order valence-electron chi connectivity index (χ4n) is 6.61. The van der Waals surface area contributed by atoms with Gasteiger partial charge in [0, 0.05) is 22.3 Å². The molecule has 0 atom stereocenters. The van der Waals surface area contributed by atoms with Crippen molar-refractivity contribution in [1.82, 2.24) is 0 Å². The summed E-state index contributed by atoms with van der Waals surface area (Å²) in [7, 11) is 0. The summed E-state index contributed by atoms with van der Waals surface area (Å²) >= 11 is 0. The molecule has 0 saturated carbocycles. The summed E-state index contributed by atoms with van der Waals surface area (Å²) in [6.45, 7) is 9.11. The van der Waals surface area contributed by atoms with Gasteiger partial charge in [0.1, 0.15) is 0 Å². The average Bonchev–Trinajstić information content (AvgIpc) is 3.30. The van der Waals surface area contributed by atoms with Gasteiger partial charge >= 0.3 is 0 Å². The van der Waals surface area contributed by atoms with Gasteiger partial charge in [-0.1, -0.05) is 135 Å². The Morgan fingerprint density at radius 1 is 0.442 bits per heavy atom. The van der Waals surface area contributed by atoms with Gasteiger partial charge in [0.05, 0.1) is 0 Å². The Kier molecular flexibility index (Phi) is 16.7. The minimum Gasteiger partial charge on any atom is -0.493 e. The van der Waals surface area contributed by atoms with Crippen LogP contribution in [0, 0.1) is 0 Å². The summed E-state index contributed by atoms with van der Waals surface area (Å²) in [6.07, 6.45) is 26.0. The van der Waals surface area contributed by atoms with E-state index in [0.29, 0.717) is 0 Å². The molecule has 1 aliphatic heterocycles. The predicted molar refractivity (Wildman–Crippen MR) is 188 cm³/mol. The van der Waals surface area contributed by atoms with Crippen LogP contribution >= 0.6 is 0 Å². The van der Waals surface area contributed by atoms with Crippen LogP contribution in [0.3, 0.4) is 0 Å². The van der Waals surface area contributed by atoms with E-state index in [9.17, 15) is 5.53 Å². The number of unbranched alkanes of at least 4 members (excludes halogenated alkanes) is 13. The lowest BCUT2D eigenvalue weighted by molar-refractivity contribution is -0.345. The maximum absolute atomic E-state index is 12.0. The van der Waals surface area contributed by atoms with Crippen LogP contribution in [-0.2, 0) is 12.8 Å². The highest BCUT2D eigenvalue weighted by atomic mass is 15.2. The molecule has 0 unspecified atom stereocenters. The summed E-state index contributed by atoms with van der Waals surface area (Å²) in [5.41, 5.74) is 21.9. The number of hydrogen-bond acceptors (Lipinski definition) is 0. The lowest BCUT2D eigenvalue weighted by Crippen LogP contribution is -2.03. The van der Waals surface area contributed by atoms with Crippen molar-refractivity contribution < 1.29 is 4.70 Å². The van der Waals surface area contributed by atoms with E-state index in [-0.39, 0.29) is 0 Å². The van der Waals surface area contributed by atoms with E-state index in [1.807, 2.05) is 0 Å². The van der Waals surface area contributed by atoms with Crippen molar-refractivity contribution >= 4 is 11.4 Å². The van der Waals surface area contributed by atoms with Crippen molar-refractivity contribution in [1.29, 1.82) is 0 Å². The molecule has 0 aromatic heterocycles. The second kappa shape index (κ2) is 20.5. The molecule has 3 rings (SSSR count). The van der Waals surface area contributed by atoms with E-state index in [0.717, 1.165) is 42.6 Å². The molecule has 2 aromatic carbocycles. The maximum Gasteiger partial charge on any atom is 0.211 e. The van der Waals surface area contributed by atoms with Crippen molar-refractivity contribution in [3.8, 4) is 0 Å². The third-order valence-corrected chi connectivity index (χ3v) is 9.24. The molecule has 0 saturated heterocycles. The fourth-order valence-corrected chi connectivity index (χ4v) is 6.61. The Bertz CT molecular complexity index is 1150. The van der Waals surface area contributed by atoms with E-state index >= 15 is 0 Å². The molecule has 0 bridgehead atoms. The Labute approximate surface area is 265 Å². The summed E-state index contributed by atoms with van der Waals surface area (Å²) in [6, 6.07) is 18.2. The zero-order chi connectivity index (χ0) is 30.7. The second-order valence-corrected chi connectivity index (χ2v) is 13.0. The lowest BCUT2D eigenvalue weighted by atomic mass is 9.91. The van der Waals surface area contributed by atoms with Gasteiger partial charge in [-0.3, -0.25) is 0 Å². The van der Waals surface area contributed by atoms with E-state index in [1.165, 1.54) is 137 Å². The molecule has 1 aliphatic rings. The monoisotopic (exact) mass is 582 g/mol. The second-order valence-electron chi connectivity index (χ2n) is 13.0. The Morgan fingerprint density at radius 3 is 1.51 bits per heavy atom. The molecule has 43 heavy (non-hydrogen) atoms. The van der Waals surface area contributed by atoms with Gasteiger partial charge in [-0.15, -0.1) is 0 Å². The van der Waals surface area contributed by atoms with Crippen molar-refractivity contribution in [3.63, 3.8) is 0 Å². The Balaban J connectivity index is 1.90. The van der Waals surface area contributed by atoms with Crippen LogP contribution in [-0.4, -0.2) is 4.70 Å².